The summed E-state index contributed by atoms with van der Waals surface area (Å²) in [6, 6.07) is 22.6. The number of methoxy groups -OCH3 is 1. The van der Waals surface area contributed by atoms with E-state index in [0.717, 1.165) is 22.2 Å². The summed E-state index contributed by atoms with van der Waals surface area (Å²) in [6.07, 6.45) is 3.29. The normalized spacial score (nSPS) is 11.6. The lowest BCUT2D eigenvalue weighted by Gasteiger charge is -2.08. The van der Waals surface area contributed by atoms with Crippen molar-refractivity contribution in [2.75, 3.05) is 7.11 Å². The number of esters is 1. The average molecular weight is 451 g/mol. The summed E-state index contributed by atoms with van der Waals surface area (Å²) >= 11 is 0. The maximum Gasteiger partial charge on any atom is 0.337 e. The number of nitrogens with zero attached hydrogens (tertiary/aromatic N) is 4. The zero-order valence-corrected chi connectivity index (χ0v) is 18.3. The number of H-pyrrole nitrogens is 1. The van der Waals surface area contributed by atoms with Crippen LogP contribution in [0.3, 0.4) is 0 Å². The molecule has 8 heteroatoms. The third-order valence-electron chi connectivity index (χ3n) is 5.45. The van der Waals surface area contributed by atoms with Crippen molar-refractivity contribution < 1.29 is 14.6 Å². The number of aliphatic imine (C=N–C) groups is 1. The summed E-state index contributed by atoms with van der Waals surface area (Å²) < 4.78 is 4.81. The van der Waals surface area contributed by atoms with Crippen LogP contribution in [0.2, 0.25) is 0 Å². The van der Waals surface area contributed by atoms with Crippen LogP contribution >= 0.6 is 0 Å². The molecule has 168 valence electrons. The van der Waals surface area contributed by atoms with Crippen LogP contribution in [-0.2, 0) is 11.3 Å². The van der Waals surface area contributed by atoms with Gasteiger partial charge in [-0.3, -0.25) is 0 Å². The van der Waals surface area contributed by atoms with Gasteiger partial charge in [-0.1, -0.05) is 48.5 Å². The summed E-state index contributed by atoms with van der Waals surface area (Å²) in [6.45, 7) is 0.564. The predicted octanol–water partition coefficient (Wildman–Crippen LogP) is 4.47. The van der Waals surface area contributed by atoms with Crippen molar-refractivity contribution in [1.82, 2.24) is 20.0 Å². The van der Waals surface area contributed by atoms with Gasteiger partial charge in [0.2, 0.25) is 0 Å². The molecule has 0 saturated carbocycles. The van der Waals surface area contributed by atoms with E-state index >= 15 is 0 Å². The number of rotatable bonds is 6. The molecule has 0 aliphatic heterocycles. The Balaban J connectivity index is 1.59. The SMILES string of the molecule is COC(=O)c1ccc2c(C(=Nc3ccc(Cn4nccn4)cc3)c3ccccc3)c(O)[nH]c2c1. The Bertz CT molecular complexity index is 1470. The minimum Gasteiger partial charge on any atom is -0.494 e. The molecule has 5 rings (SSSR count). The van der Waals surface area contributed by atoms with Gasteiger partial charge in [0, 0.05) is 16.5 Å². The van der Waals surface area contributed by atoms with Gasteiger partial charge in [-0.05, 0) is 29.8 Å². The standard InChI is InChI=1S/C26H21N5O3/c1-34-26(33)19-9-12-21-22(15-19)30-25(32)23(21)24(18-5-3-2-4-6-18)29-20-10-7-17(8-11-20)16-31-27-13-14-28-31/h2-15,30,32H,16H2,1H3. The second-order valence-electron chi connectivity index (χ2n) is 7.65. The second-order valence-corrected chi connectivity index (χ2v) is 7.65. The van der Waals surface area contributed by atoms with Gasteiger partial charge in [0.25, 0.3) is 0 Å². The molecule has 34 heavy (non-hydrogen) atoms. The zero-order chi connectivity index (χ0) is 23.5. The summed E-state index contributed by atoms with van der Waals surface area (Å²) in [5.41, 5.74) is 4.79. The number of aromatic hydroxyl groups is 1. The Morgan fingerprint density at radius 2 is 1.74 bits per heavy atom. The summed E-state index contributed by atoms with van der Waals surface area (Å²) in [7, 11) is 1.33. The predicted molar refractivity (Wildman–Crippen MR) is 129 cm³/mol. The first kappa shape index (κ1) is 21.1. The first-order chi connectivity index (χ1) is 16.6. The molecule has 0 fully saturated rings. The molecular formula is C26H21N5O3. The number of aromatic nitrogens is 4. The first-order valence-corrected chi connectivity index (χ1v) is 10.6. The molecule has 0 spiro atoms. The Hall–Kier alpha value is -4.72. The lowest BCUT2D eigenvalue weighted by atomic mass is 10.00. The van der Waals surface area contributed by atoms with Crippen LogP contribution < -0.4 is 0 Å². The number of fused-ring (bicyclic) bond motifs is 1. The van der Waals surface area contributed by atoms with Crippen LogP contribution in [0.15, 0.2) is 90.2 Å². The quantitative estimate of drug-likeness (QED) is 0.293. The van der Waals surface area contributed by atoms with E-state index in [0.29, 0.717) is 28.9 Å². The maximum absolute atomic E-state index is 11.9. The van der Waals surface area contributed by atoms with E-state index in [-0.39, 0.29) is 5.88 Å². The van der Waals surface area contributed by atoms with Crippen LogP contribution in [-0.4, -0.2) is 43.9 Å². The molecule has 3 aromatic carbocycles. The highest BCUT2D eigenvalue weighted by Crippen LogP contribution is 2.32. The molecule has 0 aliphatic rings. The second kappa shape index (κ2) is 9.03. The molecule has 0 unspecified atom stereocenters. The van der Waals surface area contributed by atoms with Crippen molar-refractivity contribution in [3.05, 3.63) is 107 Å². The number of ether oxygens (including phenoxy) is 1. The van der Waals surface area contributed by atoms with E-state index in [1.807, 2.05) is 54.6 Å². The average Bonchev–Trinajstić information content (AvgIpc) is 3.50. The molecule has 8 nitrogen and oxygen atoms in total. The van der Waals surface area contributed by atoms with Crippen LogP contribution in [0.5, 0.6) is 5.88 Å². The summed E-state index contributed by atoms with van der Waals surface area (Å²) in [5, 5.41) is 19.9. The fourth-order valence-corrected chi connectivity index (χ4v) is 3.82. The molecule has 0 atom stereocenters. The van der Waals surface area contributed by atoms with Crippen molar-refractivity contribution in [3.8, 4) is 5.88 Å². The molecular weight excluding hydrogens is 430 g/mol. The van der Waals surface area contributed by atoms with Crippen molar-refractivity contribution >= 4 is 28.3 Å². The largest absolute Gasteiger partial charge is 0.494 e. The number of aromatic amines is 1. The van der Waals surface area contributed by atoms with Gasteiger partial charge in [-0.15, -0.1) is 0 Å². The molecule has 0 bridgehead atoms. The highest BCUT2D eigenvalue weighted by molar-refractivity contribution is 6.22. The minimum absolute atomic E-state index is 0.0269. The summed E-state index contributed by atoms with van der Waals surface area (Å²) in [5.74, 6) is -0.471. The number of benzene rings is 3. The van der Waals surface area contributed by atoms with Gasteiger partial charge in [0.1, 0.15) is 0 Å². The van der Waals surface area contributed by atoms with Crippen LogP contribution in [0.1, 0.15) is 27.0 Å². The smallest absolute Gasteiger partial charge is 0.337 e. The van der Waals surface area contributed by atoms with Crippen LogP contribution in [0, 0.1) is 0 Å². The van der Waals surface area contributed by atoms with Gasteiger partial charge in [-0.25, -0.2) is 9.79 Å². The van der Waals surface area contributed by atoms with Gasteiger partial charge in [0.05, 0.1) is 48.6 Å². The van der Waals surface area contributed by atoms with Crippen LogP contribution in [0.25, 0.3) is 10.9 Å². The minimum atomic E-state index is -0.445. The number of carbonyl (C=O) groups excluding carboxylic acids is 1. The van der Waals surface area contributed by atoms with Crippen molar-refractivity contribution in [2.24, 2.45) is 4.99 Å². The number of nitrogens with one attached hydrogen (secondary N) is 1. The van der Waals surface area contributed by atoms with E-state index in [1.54, 1.807) is 35.4 Å². The third-order valence-corrected chi connectivity index (χ3v) is 5.45. The van der Waals surface area contributed by atoms with Crippen molar-refractivity contribution in [2.45, 2.75) is 6.54 Å². The zero-order valence-electron chi connectivity index (χ0n) is 18.3. The third kappa shape index (κ3) is 4.16. The first-order valence-electron chi connectivity index (χ1n) is 10.6. The highest BCUT2D eigenvalue weighted by Gasteiger charge is 2.20. The van der Waals surface area contributed by atoms with E-state index in [2.05, 4.69) is 15.2 Å². The molecule has 2 heterocycles. The molecule has 0 aliphatic carbocycles. The lowest BCUT2D eigenvalue weighted by Crippen LogP contribution is -2.04. The Kier molecular flexibility index (Phi) is 5.61. The number of carbonyl (C=O) groups is 1. The van der Waals surface area contributed by atoms with Gasteiger partial charge >= 0.3 is 5.97 Å². The fourth-order valence-electron chi connectivity index (χ4n) is 3.82. The number of hydrogen-bond donors (Lipinski definition) is 2. The molecule has 2 N–H and O–H groups in total. The Morgan fingerprint density at radius 1 is 1.00 bits per heavy atom. The van der Waals surface area contributed by atoms with Gasteiger partial charge in [-0.2, -0.15) is 15.0 Å². The van der Waals surface area contributed by atoms with E-state index in [1.165, 1.54) is 7.11 Å². The van der Waals surface area contributed by atoms with Gasteiger partial charge < -0.3 is 14.8 Å². The van der Waals surface area contributed by atoms with Gasteiger partial charge in [0.15, 0.2) is 5.88 Å². The lowest BCUT2D eigenvalue weighted by molar-refractivity contribution is 0.0601. The maximum atomic E-state index is 11.9. The molecule has 5 aromatic rings. The van der Waals surface area contributed by atoms with Crippen molar-refractivity contribution in [1.29, 1.82) is 0 Å². The highest BCUT2D eigenvalue weighted by atomic mass is 16.5. The Labute approximate surface area is 195 Å². The summed E-state index contributed by atoms with van der Waals surface area (Å²) in [4.78, 5) is 21.4. The molecule has 0 amide bonds. The van der Waals surface area contributed by atoms with Crippen LogP contribution in [0.4, 0.5) is 5.69 Å². The molecule has 0 saturated heterocycles. The number of hydrogen-bond acceptors (Lipinski definition) is 6. The topological polar surface area (TPSA) is 105 Å². The molecule has 0 radical (unpaired) electrons. The Morgan fingerprint density at radius 3 is 2.44 bits per heavy atom. The van der Waals surface area contributed by atoms with E-state index in [9.17, 15) is 9.90 Å². The van der Waals surface area contributed by atoms with Crippen molar-refractivity contribution in [3.63, 3.8) is 0 Å². The molecule has 2 aromatic heterocycles. The van der Waals surface area contributed by atoms with E-state index in [4.69, 9.17) is 9.73 Å². The fraction of sp³-hybridized carbons (Fsp3) is 0.0769. The monoisotopic (exact) mass is 451 g/mol. The van der Waals surface area contributed by atoms with E-state index < -0.39 is 5.97 Å².